The molecule has 1 N–H and O–H groups in total. The average Bonchev–Trinajstić information content (AvgIpc) is 2.97. The van der Waals surface area contributed by atoms with E-state index in [0.29, 0.717) is 0 Å². The molecule has 0 spiro atoms. The minimum Gasteiger partial charge on any atom is -0.387 e. The van der Waals surface area contributed by atoms with Gasteiger partial charge in [-0.15, -0.1) is 0 Å². The highest BCUT2D eigenvalue weighted by molar-refractivity contribution is 5.02. The molecule has 0 saturated heterocycles. The third-order valence-electron chi connectivity index (χ3n) is 3.87. The van der Waals surface area contributed by atoms with Gasteiger partial charge >= 0.3 is 0 Å². The number of aliphatic hydroxyl groups excluding tert-OH is 1. The molecule has 1 unspecified atom stereocenters. The topological polar surface area (TPSA) is 38.0 Å². The summed E-state index contributed by atoms with van der Waals surface area (Å²) in [5.74, 6) is 0.854. The summed E-state index contributed by atoms with van der Waals surface area (Å²) in [5.41, 5.74) is 0.991. The van der Waals surface area contributed by atoms with E-state index in [-0.39, 0.29) is 6.10 Å². The Morgan fingerprint density at radius 2 is 2.24 bits per heavy atom. The Morgan fingerprint density at radius 3 is 2.94 bits per heavy atom. The summed E-state index contributed by atoms with van der Waals surface area (Å²) < 4.78 is 2.08. The quantitative estimate of drug-likeness (QED) is 0.823. The molecule has 0 amide bonds. The van der Waals surface area contributed by atoms with Crippen molar-refractivity contribution in [1.82, 2.24) is 9.55 Å². The number of imidazole rings is 1. The third kappa shape index (κ3) is 3.32. The van der Waals surface area contributed by atoms with Crippen molar-refractivity contribution in [3.05, 3.63) is 18.2 Å². The first-order valence-corrected chi connectivity index (χ1v) is 6.99. The fraction of sp³-hybridized carbons (Fsp3) is 0.786. The Balaban J connectivity index is 1.85. The summed E-state index contributed by atoms with van der Waals surface area (Å²) in [6.45, 7) is 3.10. The Kier molecular flexibility index (Phi) is 4.60. The number of aromatic nitrogens is 2. The van der Waals surface area contributed by atoms with Gasteiger partial charge in [-0.1, -0.05) is 32.6 Å². The van der Waals surface area contributed by atoms with Gasteiger partial charge in [-0.2, -0.15) is 0 Å². The van der Waals surface area contributed by atoms with Gasteiger partial charge in [-0.05, 0) is 25.2 Å². The molecule has 3 nitrogen and oxygen atoms in total. The van der Waals surface area contributed by atoms with Crippen molar-refractivity contribution in [3.8, 4) is 0 Å². The molecule has 17 heavy (non-hydrogen) atoms. The molecular weight excluding hydrogens is 212 g/mol. The molecule has 3 heteroatoms. The molecule has 0 aromatic carbocycles. The van der Waals surface area contributed by atoms with Crippen molar-refractivity contribution < 1.29 is 5.11 Å². The largest absolute Gasteiger partial charge is 0.387 e. The van der Waals surface area contributed by atoms with Crippen LogP contribution in [0.25, 0.3) is 0 Å². The molecule has 1 aromatic rings. The summed E-state index contributed by atoms with van der Waals surface area (Å²) in [7, 11) is 0. The molecule has 1 heterocycles. The van der Waals surface area contributed by atoms with Gasteiger partial charge in [0.2, 0.25) is 0 Å². The number of aliphatic hydroxyl groups is 1. The fourth-order valence-electron chi connectivity index (χ4n) is 2.88. The van der Waals surface area contributed by atoms with Crippen LogP contribution in [0.2, 0.25) is 0 Å². The molecule has 1 fully saturated rings. The van der Waals surface area contributed by atoms with E-state index in [2.05, 4.69) is 16.5 Å². The van der Waals surface area contributed by atoms with Gasteiger partial charge in [0.25, 0.3) is 0 Å². The maximum atomic E-state index is 10.2. The summed E-state index contributed by atoms with van der Waals surface area (Å²) in [6, 6.07) is 0. The van der Waals surface area contributed by atoms with E-state index < -0.39 is 0 Å². The van der Waals surface area contributed by atoms with Crippen LogP contribution in [0.4, 0.5) is 0 Å². The molecule has 1 aromatic heterocycles. The molecule has 1 atom stereocenters. The molecule has 1 aliphatic rings. The number of hydrogen-bond acceptors (Lipinski definition) is 2. The van der Waals surface area contributed by atoms with Crippen molar-refractivity contribution in [1.29, 1.82) is 0 Å². The normalized spacial score (nSPS) is 18.7. The van der Waals surface area contributed by atoms with E-state index in [1.165, 1.54) is 32.1 Å². The summed E-state index contributed by atoms with van der Waals surface area (Å²) in [6.07, 6.45) is 11.9. The second kappa shape index (κ2) is 6.20. The second-order valence-electron chi connectivity index (χ2n) is 5.26. The maximum Gasteiger partial charge on any atom is 0.0955 e. The lowest BCUT2D eigenvalue weighted by atomic mass is 9.98. The van der Waals surface area contributed by atoms with E-state index in [9.17, 15) is 5.11 Å². The van der Waals surface area contributed by atoms with Gasteiger partial charge < -0.3 is 9.67 Å². The van der Waals surface area contributed by atoms with Gasteiger partial charge in [0.1, 0.15) is 0 Å². The Bertz CT molecular complexity index is 329. The zero-order valence-electron chi connectivity index (χ0n) is 10.8. The zero-order chi connectivity index (χ0) is 12.1. The maximum absolute atomic E-state index is 10.2. The average molecular weight is 236 g/mol. The highest BCUT2D eigenvalue weighted by atomic mass is 16.3. The number of nitrogens with zero attached hydrogens (tertiary/aromatic N) is 2. The van der Waals surface area contributed by atoms with E-state index in [0.717, 1.165) is 31.0 Å². The number of rotatable bonds is 6. The SMILES string of the molecule is CCCn1cncc1C(O)CCC1CCCC1. The van der Waals surface area contributed by atoms with Gasteiger partial charge in [-0.3, -0.25) is 0 Å². The Morgan fingerprint density at radius 1 is 1.47 bits per heavy atom. The molecule has 1 aliphatic carbocycles. The Hall–Kier alpha value is -0.830. The minimum absolute atomic E-state index is 0.329. The lowest BCUT2D eigenvalue weighted by molar-refractivity contribution is 0.148. The van der Waals surface area contributed by atoms with Crippen molar-refractivity contribution in [2.24, 2.45) is 5.92 Å². The van der Waals surface area contributed by atoms with Crippen LogP contribution < -0.4 is 0 Å². The van der Waals surface area contributed by atoms with Crippen LogP contribution in [0.15, 0.2) is 12.5 Å². The van der Waals surface area contributed by atoms with Gasteiger partial charge in [0.15, 0.2) is 0 Å². The van der Waals surface area contributed by atoms with Crippen LogP contribution in [0.3, 0.4) is 0 Å². The molecule has 2 rings (SSSR count). The number of hydrogen-bond donors (Lipinski definition) is 1. The van der Waals surface area contributed by atoms with Crippen molar-refractivity contribution in [2.75, 3.05) is 0 Å². The standard InChI is InChI=1S/C14H24N2O/c1-2-9-16-11-15-10-13(16)14(17)8-7-12-5-3-4-6-12/h10-12,14,17H,2-9H2,1H3. The third-order valence-corrected chi connectivity index (χ3v) is 3.87. The minimum atomic E-state index is -0.329. The summed E-state index contributed by atoms with van der Waals surface area (Å²) in [5, 5.41) is 10.2. The summed E-state index contributed by atoms with van der Waals surface area (Å²) in [4.78, 5) is 4.14. The first-order valence-electron chi connectivity index (χ1n) is 6.99. The van der Waals surface area contributed by atoms with Gasteiger partial charge in [0.05, 0.1) is 24.3 Å². The van der Waals surface area contributed by atoms with Crippen molar-refractivity contribution in [3.63, 3.8) is 0 Å². The smallest absolute Gasteiger partial charge is 0.0955 e. The fourth-order valence-corrected chi connectivity index (χ4v) is 2.88. The van der Waals surface area contributed by atoms with E-state index in [1.54, 1.807) is 0 Å². The predicted molar refractivity (Wildman–Crippen MR) is 68.7 cm³/mol. The monoisotopic (exact) mass is 236 g/mol. The predicted octanol–water partition coefficient (Wildman–Crippen LogP) is 3.30. The van der Waals surface area contributed by atoms with Crippen LogP contribution in [-0.4, -0.2) is 14.7 Å². The van der Waals surface area contributed by atoms with Gasteiger partial charge in [0, 0.05) is 6.54 Å². The van der Waals surface area contributed by atoms with Crippen LogP contribution in [0.5, 0.6) is 0 Å². The molecule has 0 radical (unpaired) electrons. The highest BCUT2D eigenvalue weighted by Gasteiger charge is 2.18. The van der Waals surface area contributed by atoms with Crippen LogP contribution in [-0.2, 0) is 6.54 Å². The van der Waals surface area contributed by atoms with Crippen LogP contribution in [0.1, 0.15) is 63.7 Å². The Labute approximate surface area is 104 Å². The molecule has 1 saturated carbocycles. The van der Waals surface area contributed by atoms with E-state index >= 15 is 0 Å². The lowest BCUT2D eigenvalue weighted by Crippen LogP contribution is -2.08. The van der Waals surface area contributed by atoms with Crippen molar-refractivity contribution >= 4 is 0 Å². The molecular formula is C14H24N2O. The van der Waals surface area contributed by atoms with Crippen molar-refractivity contribution in [2.45, 2.75) is 64.5 Å². The zero-order valence-corrected chi connectivity index (χ0v) is 10.8. The van der Waals surface area contributed by atoms with E-state index in [4.69, 9.17) is 0 Å². The van der Waals surface area contributed by atoms with Crippen LogP contribution in [0, 0.1) is 5.92 Å². The number of aryl methyl sites for hydroxylation is 1. The molecule has 0 aliphatic heterocycles. The second-order valence-corrected chi connectivity index (χ2v) is 5.26. The first-order chi connectivity index (χ1) is 8.31. The molecule has 96 valence electrons. The first kappa shape index (κ1) is 12.6. The van der Waals surface area contributed by atoms with E-state index in [1.807, 2.05) is 12.5 Å². The highest BCUT2D eigenvalue weighted by Crippen LogP contribution is 2.31. The van der Waals surface area contributed by atoms with Gasteiger partial charge in [-0.25, -0.2) is 4.98 Å². The molecule has 0 bridgehead atoms. The summed E-state index contributed by atoms with van der Waals surface area (Å²) >= 11 is 0. The lowest BCUT2D eigenvalue weighted by Gasteiger charge is -2.15. The van der Waals surface area contributed by atoms with Crippen LogP contribution >= 0.6 is 0 Å².